The molecular weight excluding hydrogens is 266 g/mol. The summed E-state index contributed by atoms with van der Waals surface area (Å²) in [7, 11) is 0. The Balaban J connectivity index is 1.97. The number of hydrogen-bond acceptors (Lipinski definition) is 5. The van der Waals surface area contributed by atoms with Gasteiger partial charge in [-0.05, 0) is 31.2 Å². The molecule has 0 amide bonds. The van der Waals surface area contributed by atoms with Crippen molar-refractivity contribution in [2.24, 2.45) is 0 Å². The molecule has 0 aliphatic rings. The van der Waals surface area contributed by atoms with Crippen LogP contribution in [0.15, 0.2) is 28.8 Å². The van der Waals surface area contributed by atoms with Gasteiger partial charge in [-0.2, -0.15) is 4.98 Å². The maximum absolute atomic E-state index is 5.74. The van der Waals surface area contributed by atoms with E-state index < -0.39 is 0 Å². The van der Waals surface area contributed by atoms with Gasteiger partial charge in [0.1, 0.15) is 5.75 Å². The minimum Gasteiger partial charge on any atom is -0.485 e. The monoisotopic (exact) mass is 289 g/mol. The second-order valence-electron chi connectivity index (χ2n) is 5.34. The van der Waals surface area contributed by atoms with Crippen LogP contribution in [0.3, 0.4) is 0 Å². The predicted octanol–water partition coefficient (Wildman–Crippen LogP) is 3.44. The second-order valence-corrected chi connectivity index (χ2v) is 5.34. The van der Waals surface area contributed by atoms with Crippen molar-refractivity contribution in [3.63, 3.8) is 0 Å². The zero-order chi connectivity index (χ0) is 15.2. The van der Waals surface area contributed by atoms with Crippen LogP contribution in [0.2, 0.25) is 0 Å². The van der Waals surface area contributed by atoms with Crippen molar-refractivity contribution in [3.8, 4) is 5.75 Å². The van der Waals surface area contributed by atoms with Crippen LogP contribution >= 0.6 is 0 Å². The summed E-state index contributed by atoms with van der Waals surface area (Å²) in [5.41, 5.74) is 1.20. The quantitative estimate of drug-likeness (QED) is 0.846. The molecule has 2 rings (SSSR count). The van der Waals surface area contributed by atoms with Crippen LogP contribution in [0, 0.1) is 0 Å². The molecule has 0 bridgehead atoms. The SMILES string of the molecule is CCNC(C)c1cccc(OCc2noc(C(C)C)n2)c1. The number of rotatable bonds is 7. The van der Waals surface area contributed by atoms with Crippen LogP contribution in [0.5, 0.6) is 5.75 Å². The van der Waals surface area contributed by atoms with Gasteiger partial charge in [-0.15, -0.1) is 0 Å². The van der Waals surface area contributed by atoms with E-state index in [2.05, 4.69) is 35.4 Å². The van der Waals surface area contributed by atoms with Crippen molar-refractivity contribution in [3.05, 3.63) is 41.5 Å². The Morgan fingerprint density at radius 2 is 2.10 bits per heavy atom. The van der Waals surface area contributed by atoms with Crippen LogP contribution in [0.1, 0.15) is 56.9 Å². The number of ether oxygens (including phenoxy) is 1. The minimum atomic E-state index is 0.232. The molecule has 0 spiro atoms. The smallest absolute Gasteiger partial charge is 0.229 e. The van der Waals surface area contributed by atoms with E-state index in [9.17, 15) is 0 Å². The Morgan fingerprint density at radius 1 is 1.29 bits per heavy atom. The van der Waals surface area contributed by atoms with E-state index >= 15 is 0 Å². The topological polar surface area (TPSA) is 60.2 Å². The Kier molecular flexibility index (Phi) is 5.33. The van der Waals surface area contributed by atoms with Gasteiger partial charge >= 0.3 is 0 Å². The lowest BCUT2D eigenvalue weighted by atomic mass is 10.1. The zero-order valence-corrected chi connectivity index (χ0v) is 13.1. The molecule has 0 radical (unpaired) electrons. The van der Waals surface area contributed by atoms with Crippen LogP contribution in [-0.4, -0.2) is 16.7 Å². The summed E-state index contributed by atoms with van der Waals surface area (Å²) < 4.78 is 10.9. The molecule has 1 unspecified atom stereocenters. The van der Waals surface area contributed by atoms with Crippen molar-refractivity contribution in [1.29, 1.82) is 0 Å². The van der Waals surface area contributed by atoms with E-state index in [1.165, 1.54) is 5.56 Å². The van der Waals surface area contributed by atoms with Gasteiger partial charge < -0.3 is 14.6 Å². The Hall–Kier alpha value is -1.88. The summed E-state index contributed by atoms with van der Waals surface area (Å²) in [4.78, 5) is 4.30. The highest BCUT2D eigenvalue weighted by molar-refractivity contribution is 5.30. The fraction of sp³-hybridized carbons (Fsp3) is 0.500. The maximum Gasteiger partial charge on any atom is 0.229 e. The third kappa shape index (κ3) is 4.29. The first-order chi connectivity index (χ1) is 10.1. The van der Waals surface area contributed by atoms with E-state index in [1.807, 2.05) is 32.0 Å². The maximum atomic E-state index is 5.74. The number of nitrogens with one attached hydrogen (secondary N) is 1. The van der Waals surface area contributed by atoms with Crippen molar-refractivity contribution < 1.29 is 9.26 Å². The molecule has 0 fully saturated rings. The molecule has 21 heavy (non-hydrogen) atoms. The number of nitrogens with zero attached hydrogens (tertiary/aromatic N) is 2. The molecule has 2 aromatic rings. The lowest BCUT2D eigenvalue weighted by Gasteiger charge is -2.13. The number of benzene rings is 1. The van der Waals surface area contributed by atoms with E-state index in [4.69, 9.17) is 9.26 Å². The molecule has 0 saturated heterocycles. The zero-order valence-electron chi connectivity index (χ0n) is 13.1. The predicted molar refractivity (Wildman–Crippen MR) is 81.3 cm³/mol. The van der Waals surface area contributed by atoms with Crippen LogP contribution in [-0.2, 0) is 6.61 Å². The van der Waals surface area contributed by atoms with E-state index in [0.717, 1.165) is 12.3 Å². The molecule has 0 saturated carbocycles. The molecular formula is C16H23N3O2. The number of aromatic nitrogens is 2. The third-order valence-corrected chi connectivity index (χ3v) is 3.21. The molecule has 1 aromatic heterocycles. The lowest BCUT2D eigenvalue weighted by molar-refractivity contribution is 0.284. The summed E-state index contributed by atoms with van der Waals surface area (Å²) in [6, 6.07) is 8.36. The van der Waals surface area contributed by atoms with Gasteiger partial charge in [0.05, 0.1) is 0 Å². The average Bonchev–Trinajstić information content (AvgIpc) is 2.95. The van der Waals surface area contributed by atoms with E-state index in [1.54, 1.807) is 0 Å². The molecule has 0 aliphatic heterocycles. The first-order valence-corrected chi connectivity index (χ1v) is 7.38. The summed E-state index contributed by atoms with van der Waals surface area (Å²) in [6.45, 7) is 9.52. The number of hydrogen-bond donors (Lipinski definition) is 1. The molecule has 5 heteroatoms. The van der Waals surface area contributed by atoms with Crippen LogP contribution in [0.25, 0.3) is 0 Å². The molecule has 114 valence electrons. The van der Waals surface area contributed by atoms with Crippen molar-refractivity contribution in [1.82, 2.24) is 15.5 Å². The normalized spacial score (nSPS) is 12.6. The van der Waals surface area contributed by atoms with Gasteiger partial charge in [-0.1, -0.05) is 38.1 Å². The molecule has 0 aliphatic carbocycles. The third-order valence-electron chi connectivity index (χ3n) is 3.21. The molecule has 1 heterocycles. The van der Waals surface area contributed by atoms with Gasteiger partial charge in [0.2, 0.25) is 11.7 Å². The summed E-state index contributed by atoms with van der Waals surface area (Å²) >= 11 is 0. The summed E-state index contributed by atoms with van der Waals surface area (Å²) in [6.07, 6.45) is 0. The lowest BCUT2D eigenvalue weighted by Crippen LogP contribution is -2.17. The van der Waals surface area contributed by atoms with Gasteiger partial charge in [0.15, 0.2) is 6.61 Å². The molecule has 5 nitrogen and oxygen atoms in total. The van der Waals surface area contributed by atoms with Crippen molar-refractivity contribution >= 4 is 0 Å². The minimum absolute atomic E-state index is 0.232. The van der Waals surface area contributed by atoms with Gasteiger partial charge in [0.25, 0.3) is 0 Å². The Bertz CT molecular complexity index is 566. The van der Waals surface area contributed by atoms with Crippen LogP contribution < -0.4 is 10.1 Å². The summed E-state index contributed by atoms with van der Waals surface area (Å²) in [5.74, 6) is 2.26. The Morgan fingerprint density at radius 3 is 2.76 bits per heavy atom. The molecule has 1 N–H and O–H groups in total. The van der Waals surface area contributed by atoms with E-state index in [-0.39, 0.29) is 5.92 Å². The summed E-state index contributed by atoms with van der Waals surface area (Å²) in [5, 5.41) is 7.30. The highest BCUT2D eigenvalue weighted by Crippen LogP contribution is 2.20. The Labute approximate surface area is 125 Å². The fourth-order valence-corrected chi connectivity index (χ4v) is 2.01. The highest BCUT2D eigenvalue weighted by Gasteiger charge is 2.10. The van der Waals surface area contributed by atoms with Gasteiger partial charge in [-0.3, -0.25) is 0 Å². The fourth-order valence-electron chi connectivity index (χ4n) is 2.01. The van der Waals surface area contributed by atoms with E-state index in [0.29, 0.717) is 24.4 Å². The largest absolute Gasteiger partial charge is 0.485 e. The van der Waals surface area contributed by atoms with Crippen molar-refractivity contribution in [2.75, 3.05) is 6.54 Å². The molecule has 1 aromatic carbocycles. The molecule has 1 atom stereocenters. The van der Waals surface area contributed by atoms with Crippen molar-refractivity contribution in [2.45, 2.75) is 46.3 Å². The standard InChI is InChI=1S/C16H23N3O2/c1-5-17-12(4)13-7-6-8-14(9-13)20-10-15-18-16(11(2)3)21-19-15/h6-9,11-12,17H,5,10H2,1-4H3. The van der Waals surface area contributed by atoms with Gasteiger partial charge in [-0.25, -0.2) is 0 Å². The first-order valence-electron chi connectivity index (χ1n) is 7.38. The highest BCUT2D eigenvalue weighted by atomic mass is 16.5. The second kappa shape index (κ2) is 7.22. The van der Waals surface area contributed by atoms with Gasteiger partial charge in [0, 0.05) is 12.0 Å². The van der Waals surface area contributed by atoms with Crippen LogP contribution in [0.4, 0.5) is 0 Å². The average molecular weight is 289 g/mol. The first kappa shape index (κ1) is 15.5.